The van der Waals surface area contributed by atoms with Crippen LogP contribution in [0.25, 0.3) is 5.76 Å². The van der Waals surface area contributed by atoms with Crippen molar-refractivity contribution in [3.05, 3.63) is 28.5 Å². The second kappa shape index (κ2) is 2.65. The molecule has 1 aromatic heterocycles. The Labute approximate surface area is 68.0 Å². The van der Waals surface area contributed by atoms with Gasteiger partial charge in [-0.3, -0.25) is 5.21 Å². The summed E-state index contributed by atoms with van der Waals surface area (Å²) in [5.41, 5.74) is 0. The van der Waals surface area contributed by atoms with Gasteiger partial charge in [-0.15, -0.1) is 11.3 Å². The maximum atomic E-state index is 8.86. The summed E-state index contributed by atoms with van der Waals surface area (Å²) in [6.45, 7) is 0.438. The number of hydrogen-bond donors (Lipinski definition) is 1. The molecule has 58 valence electrons. The summed E-state index contributed by atoms with van der Waals surface area (Å²) >= 11 is 1.59. The van der Waals surface area contributed by atoms with Gasteiger partial charge < -0.3 is 4.84 Å². The molecule has 1 aromatic rings. The Morgan fingerprint density at radius 1 is 1.64 bits per heavy atom. The molecule has 0 saturated heterocycles. The van der Waals surface area contributed by atoms with Crippen LogP contribution in [-0.2, 0) is 4.84 Å². The first kappa shape index (κ1) is 6.84. The van der Waals surface area contributed by atoms with E-state index in [1.54, 1.807) is 11.3 Å². The number of rotatable bonds is 1. The first-order valence-electron chi connectivity index (χ1n) is 3.25. The third-order valence-electron chi connectivity index (χ3n) is 1.40. The van der Waals surface area contributed by atoms with Crippen LogP contribution in [0.2, 0.25) is 0 Å². The van der Waals surface area contributed by atoms with Gasteiger partial charge in [-0.05, 0) is 22.7 Å². The van der Waals surface area contributed by atoms with E-state index >= 15 is 0 Å². The summed E-state index contributed by atoms with van der Waals surface area (Å²) in [5, 5.41) is 11.6. The molecule has 4 heteroatoms. The quantitative estimate of drug-likeness (QED) is 0.694. The summed E-state index contributed by atoms with van der Waals surface area (Å²) in [4.78, 5) is 6.01. The van der Waals surface area contributed by atoms with Gasteiger partial charge in [0.2, 0.25) is 0 Å². The lowest BCUT2D eigenvalue weighted by atomic mass is 10.4. The first-order valence-corrected chi connectivity index (χ1v) is 4.12. The molecule has 3 nitrogen and oxygen atoms in total. The van der Waals surface area contributed by atoms with Crippen molar-refractivity contribution < 1.29 is 10.0 Å². The zero-order valence-electron chi connectivity index (χ0n) is 5.73. The third-order valence-corrected chi connectivity index (χ3v) is 2.29. The molecule has 2 rings (SSSR count). The van der Waals surface area contributed by atoms with Gasteiger partial charge in [0.05, 0.1) is 11.4 Å². The molecule has 0 atom stereocenters. The Balaban J connectivity index is 2.19. The Morgan fingerprint density at radius 2 is 2.55 bits per heavy atom. The lowest BCUT2D eigenvalue weighted by Crippen LogP contribution is -2.11. The highest BCUT2D eigenvalue weighted by molar-refractivity contribution is 7.11. The molecule has 2 heterocycles. The van der Waals surface area contributed by atoms with E-state index in [1.165, 1.54) is 0 Å². The number of hydroxylamine groups is 2. The largest absolute Gasteiger partial charge is 0.379 e. The van der Waals surface area contributed by atoms with Crippen LogP contribution < -0.4 is 0 Å². The van der Waals surface area contributed by atoms with Crippen LogP contribution in [0, 0.1) is 0 Å². The number of thiophene rings is 1. The molecule has 0 aromatic carbocycles. The van der Waals surface area contributed by atoms with Crippen molar-refractivity contribution >= 4 is 17.1 Å². The Kier molecular flexibility index (Phi) is 1.65. The molecular weight excluding hydrogens is 162 g/mol. The minimum Gasteiger partial charge on any atom is -0.379 e. The summed E-state index contributed by atoms with van der Waals surface area (Å²) in [6, 6.07) is 3.90. The van der Waals surface area contributed by atoms with E-state index in [0.29, 0.717) is 6.54 Å². The van der Waals surface area contributed by atoms with Gasteiger partial charge in [0.1, 0.15) is 0 Å². The normalized spacial score (nSPS) is 18.1. The maximum Gasteiger partial charge on any atom is 0.165 e. The van der Waals surface area contributed by atoms with Crippen molar-refractivity contribution in [1.82, 2.24) is 5.23 Å². The topological polar surface area (TPSA) is 32.7 Å². The van der Waals surface area contributed by atoms with Crippen LogP contribution >= 0.6 is 11.3 Å². The van der Waals surface area contributed by atoms with E-state index in [0.717, 1.165) is 15.9 Å². The Morgan fingerprint density at radius 3 is 3.09 bits per heavy atom. The fourth-order valence-electron chi connectivity index (χ4n) is 0.913. The van der Waals surface area contributed by atoms with Gasteiger partial charge in [0.15, 0.2) is 5.76 Å². The summed E-state index contributed by atoms with van der Waals surface area (Å²) in [6.07, 6.45) is 1.84. The minimum atomic E-state index is 0.438. The van der Waals surface area contributed by atoms with Gasteiger partial charge in [0, 0.05) is 0 Å². The highest BCUT2D eigenvalue weighted by Crippen LogP contribution is 2.24. The lowest BCUT2D eigenvalue weighted by Gasteiger charge is -2.05. The van der Waals surface area contributed by atoms with Crippen molar-refractivity contribution in [2.75, 3.05) is 6.54 Å². The molecule has 0 aliphatic carbocycles. The molecule has 11 heavy (non-hydrogen) atoms. The van der Waals surface area contributed by atoms with Crippen LogP contribution in [0.15, 0.2) is 23.6 Å². The Bertz CT molecular complexity index is 268. The smallest absolute Gasteiger partial charge is 0.165 e. The van der Waals surface area contributed by atoms with E-state index in [9.17, 15) is 0 Å². The van der Waals surface area contributed by atoms with Gasteiger partial charge in [-0.2, -0.15) is 0 Å². The third kappa shape index (κ3) is 1.28. The molecule has 1 aliphatic rings. The zero-order valence-corrected chi connectivity index (χ0v) is 6.54. The first-order chi connectivity index (χ1) is 5.36. The highest BCUT2D eigenvalue weighted by Gasteiger charge is 2.14. The molecule has 0 unspecified atom stereocenters. The second-order valence-corrected chi connectivity index (χ2v) is 3.12. The molecule has 0 fully saturated rings. The fraction of sp³-hybridized carbons (Fsp3) is 0.143. The standard InChI is InChI=1S/C7H7NO2S/c9-8-4-3-6(10-8)7-2-1-5-11-7/h1-3,5,9H,4H2. The van der Waals surface area contributed by atoms with Gasteiger partial charge in [0.25, 0.3) is 0 Å². The van der Waals surface area contributed by atoms with Crippen molar-refractivity contribution in [3.63, 3.8) is 0 Å². The molecule has 1 aliphatic heterocycles. The van der Waals surface area contributed by atoms with Crippen molar-refractivity contribution in [3.8, 4) is 0 Å². The van der Waals surface area contributed by atoms with Crippen LogP contribution in [0.4, 0.5) is 0 Å². The van der Waals surface area contributed by atoms with E-state index in [4.69, 9.17) is 10.0 Å². The lowest BCUT2D eigenvalue weighted by molar-refractivity contribution is -0.283. The molecule has 0 amide bonds. The molecule has 0 radical (unpaired) electrons. The summed E-state index contributed by atoms with van der Waals surface area (Å²) in [5.74, 6) is 0.738. The monoisotopic (exact) mass is 169 g/mol. The Hall–Kier alpha value is -0.840. The average molecular weight is 169 g/mol. The predicted molar refractivity (Wildman–Crippen MR) is 41.9 cm³/mol. The molecule has 1 N–H and O–H groups in total. The molecule has 0 spiro atoms. The van der Waals surface area contributed by atoms with E-state index in [2.05, 4.69) is 0 Å². The van der Waals surface area contributed by atoms with Crippen LogP contribution in [0.3, 0.4) is 0 Å². The van der Waals surface area contributed by atoms with Crippen molar-refractivity contribution in [2.24, 2.45) is 0 Å². The van der Waals surface area contributed by atoms with Gasteiger partial charge in [-0.1, -0.05) is 6.07 Å². The minimum absolute atomic E-state index is 0.438. The number of nitrogens with zero attached hydrogens (tertiary/aromatic N) is 1. The summed E-state index contributed by atoms with van der Waals surface area (Å²) in [7, 11) is 0. The molecule has 0 saturated carbocycles. The van der Waals surface area contributed by atoms with E-state index in [1.807, 2.05) is 23.6 Å². The SMILES string of the molecule is ON1CC=C(c2cccs2)O1. The molecular formula is C7H7NO2S. The fourth-order valence-corrected chi connectivity index (χ4v) is 1.61. The summed E-state index contributed by atoms with van der Waals surface area (Å²) < 4.78 is 0. The molecule has 0 bridgehead atoms. The van der Waals surface area contributed by atoms with E-state index in [-0.39, 0.29) is 0 Å². The maximum absolute atomic E-state index is 8.86. The van der Waals surface area contributed by atoms with Crippen LogP contribution in [0.5, 0.6) is 0 Å². The van der Waals surface area contributed by atoms with E-state index < -0.39 is 0 Å². The zero-order chi connectivity index (χ0) is 7.68. The van der Waals surface area contributed by atoms with Gasteiger partial charge in [-0.25, -0.2) is 0 Å². The van der Waals surface area contributed by atoms with Crippen LogP contribution in [0.1, 0.15) is 4.88 Å². The second-order valence-electron chi connectivity index (χ2n) is 2.17. The highest BCUT2D eigenvalue weighted by atomic mass is 32.1. The van der Waals surface area contributed by atoms with Crippen molar-refractivity contribution in [2.45, 2.75) is 0 Å². The average Bonchev–Trinajstić information content (AvgIpc) is 2.55. The van der Waals surface area contributed by atoms with Crippen LogP contribution in [-0.4, -0.2) is 17.0 Å². The predicted octanol–water partition coefficient (Wildman–Crippen LogP) is 1.73. The van der Waals surface area contributed by atoms with Crippen molar-refractivity contribution in [1.29, 1.82) is 0 Å². The number of hydrogen-bond acceptors (Lipinski definition) is 4. The van der Waals surface area contributed by atoms with Gasteiger partial charge >= 0.3 is 0 Å².